The molecule has 2 unspecified atom stereocenters. The zero-order valence-corrected chi connectivity index (χ0v) is 19.3. The van der Waals surface area contributed by atoms with Crippen LogP contribution in [0, 0.1) is 17.8 Å². The lowest BCUT2D eigenvalue weighted by Crippen LogP contribution is -2.47. The van der Waals surface area contributed by atoms with Crippen LogP contribution in [0.5, 0.6) is 0 Å². The highest BCUT2D eigenvalue weighted by Crippen LogP contribution is 2.65. The molecule has 4 rings (SSSR count). The topological polar surface area (TPSA) is 49.4 Å². The molecule has 3 fully saturated rings. The summed E-state index contributed by atoms with van der Waals surface area (Å²) in [4.78, 5) is 27.4. The van der Waals surface area contributed by atoms with Crippen LogP contribution in [0.15, 0.2) is 24.3 Å². The summed E-state index contributed by atoms with van der Waals surface area (Å²) in [6.07, 6.45) is 4.53. The minimum Gasteiger partial charge on any atom is -0.350 e. The molecule has 7 heteroatoms. The van der Waals surface area contributed by atoms with Crippen molar-refractivity contribution < 1.29 is 9.59 Å². The van der Waals surface area contributed by atoms with E-state index in [0.29, 0.717) is 34.0 Å². The Labute approximate surface area is 186 Å². The lowest BCUT2D eigenvalue weighted by atomic mass is 9.79. The molecule has 1 spiro atoms. The van der Waals surface area contributed by atoms with Crippen molar-refractivity contribution in [1.82, 2.24) is 10.2 Å². The van der Waals surface area contributed by atoms with Crippen LogP contribution < -0.4 is 5.32 Å². The predicted molar refractivity (Wildman–Crippen MR) is 122 cm³/mol. The number of thioether (sulfide) groups is 2. The van der Waals surface area contributed by atoms with Crippen molar-refractivity contribution in [3.05, 3.63) is 34.9 Å². The number of halogens is 1. The molecule has 2 amide bonds. The van der Waals surface area contributed by atoms with E-state index in [-0.39, 0.29) is 24.3 Å². The SMILES string of the molecule is CCN(CC(=O)NCc1ccc(Cl)cc1)C(=O)C1CC2CCC(C1)C21SCCS1. The van der Waals surface area contributed by atoms with E-state index in [2.05, 4.69) is 28.8 Å². The Morgan fingerprint density at radius 1 is 1.14 bits per heavy atom. The average molecular weight is 453 g/mol. The largest absolute Gasteiger partial charge is 0.350 e. The number of carbonyl (C=O) groups is 2. The quantitative estimate of drug-likeness (QED) is 0.694. The standard InChI is InChI=1S/C22H29ClN2O2S2/c1-2-25(14-20(26)24-13-15-3-7-19(23)8-4-15)21(27)16-11-17-5-6-18(12-16)22(17)28-9-10-29-22/h3-4,7-8,16-18H,2,5-6,9-14H2,1H3,(H,24,26). The Balaban J connectivity index is 1.31. The van der Waals surface area contributed by atoms with Gasteiger partial charge in [0, 0.05) is 35.5 Å². The monoisotopic (exact) mass is 452 g/mol. The molecular formula is C22H29ClN2O2S2. The van der Waals surface area contributed by atoms with Crippen LogP contribution in [0.4, 0.5) is 0 Å². The number of nitrogens with zero attached hydrogens (tertiary/aromatic N) is 1. The van der Waals surface area contributed by atoms with E-state index in [1.807, 2.05) is 31.2 Å². The molecule has 1 aromatic rings. The number of carbonyl (C=O) groups excluding carboxylic acids is 2. The van der Waals surface area contributed by atoms with Crippen LogP contribution in [-0.2, 0) is 16.1 Å². The Hall–Kier alpha value is -0.850. The molecule has 0 aromatic heterocycles. The van der Waals surface area contributed by atoms with Crippen molar-refractivity contribution in [2.75, 3.05) is 24.6 Å². The van der Waals surface area contributed by atoms with Gasteiger partial charge in [0.05, 0.1) is 10.6 Å². The first kappa shape index (κ1) is 21.4. The van der Waals surface area contributed by atoms with E-state index < -0.39 is 0 Å². The minimum atomic E-state index is -0.104. The van der Waals surface area contributed by atoms with Gasteiger partial charge in [0.2, 0.25) is 11.8 Å². The van der Waals surface area contributed by atoms with E-state index >= 15 is 0 Å². The maximum absolute atomic E-state index is 13.2. The highest BCUT2D eigenvalue weighted by atomic mass is 35.5. The fourth-order valence-electron chi connectivity index (χ4n) is 5.24. The molecule has 2 bridgehead atoms. The maximum atomic E-state index is 13.2. The third kappa shape index (κ3) is 4.45. The normalized spacial score (nSPS) is 27.2. The second kappa shape index (κ2) is 9.11. The number of likely N-dealkylation sites (N-methyl/N-ethyl adjacent to an activating group) is 1. The van der Waals surface area contributed by atoms with E-state index in [4.69, 9.17) is 11.6 Å². The average Bonchev–Trinajstić information content (AvgIpc) is 3.26. The van der Waals surface area contributed by atoms with Gasteiger partial charge in [0.1, 0.15) is 0 Å². The van der Waals surface area contributed by atoms with E-state index in [1.54, 1.807) is 4.90 Å². The van der Waals surface area contributed by atoms with Gasteiger partial charge in [-0.05, 0) is 62.1 Å². The molecule has 2 aliphatic carbocycles. The molecule has 1 aromatic carbocycles. The van der Waals surface area contributed by atoms with Crippen LogP contribution in [0.2, 0.25) is 5.02 Å². The first-order chi connectivity index (χ1) is 14.0. The Morgan fingerprint density at radius 2 is 1.76 bits per heavy atom. The van der Waals surface area contributed by atoms with Crippen molar-refractivity contribution in [3.63, 3.8) is 0 Å². The zero-order valence-electron chi connectivity index (χ0n) is 16.9. The summed E-state index contributed by atoms with van der Waals surface area (Å²) in [5.41, 5.74) is 0.998. The summed E-state index contributed by atoms with van der Waals surface area (Å²) < 4.78 is 0.393. The number of nitrogens with one attached hydrogen (secondary N) is 1. The van der Waals surface area contributed by atoms with E-state index in [9.17, 15) is 9.59 Å². The molecule has 29 heavy (non-hydrogen) atoms. The van der Waals surface area contributed by atoms with E-state index in [1.165, 1.54) is 24.3 Å². The van der Waals surface area contributed by atoms with Gasteiger partial charge in [-0.2, -0.15) is 0 Å². The Kier molecular flexibility index (Phi) is 6.72. The van der Waals surface area contributed by atoms with Crippen molar-refractivity contribution in [2.24, 2.45) is 17.8 Å². The van der Waals surface area contributed by atoms with Gasteiger partial charge in [0.25, 0.3) is 0 Å². The molecule has 1 heterocycles. The molecule has 1 N–H and O–H groups in total. The first-order valence-electron chi connectivity index (χ1n) is 10.6. The van der Waals surface area contributed by atoms with Gasteiger partial charge in [-0.15, -0.1) is 23.5 Å². The predicted octanol–water partition coefficient (Wildman–Crippen LogP) is 4.42. The molecular weight excluding hydrogens is 424 g/mol. The van der Waals surface area contributed by atoms with Gasteiger partial charge in [-0.1, -0.05) is 23.7 Å². The van der Waals surface area contributed by atoms with Gasteiger partial charge in [-0.3, -0.25) is 9.59 Å². The summed E-state index contributed by atoms with van der Waals surface area (Å²) in [6, 6.07) is 7.43. The molecule has 4 nitrogen and oxygen atoms in total. The molecule has 158 valence electrons. The van der Waals surface area contributed by atoms with Crippen LogP contribution in [0.25, 0.3) is 0 Å². The molecule has 1 aliphatic heterocycles. The summed E-state index contributed by atoms with van der Waals surface area (Å²) in [5, 5.41) is 3.61. The van der Waals surface area contributed by atoms with Gasteiger partial charge < -0.3 is 10.2 Å². The van der Waals surface area contributed by atoms with Gasteiger partial charge in [-0.25, -0.2) is 0 Å². The van der Waals surface area contributed by atoms with Gasteiger partial charge >= 0.3 is 0 Å². The highest BCUT2D eigenvalue weighted by molar-refractivity contribution is 8.21. The van der Waals surface area contributed by atoms with Crippen LogP contribution in [0.3, 0.4) is 0 Å². The third-order valence-electron chi connectivity index (χ3n) is 6.66. The second-order valence-electron chi connectivity index (χ2n) is 8.31. The lowest BCUT2D eigenvalue weighted by molar-refractivity contribution is -0.140. The lowest BCUT2D eigenvalue weighted by Gasteiger charge is -2.43. The minimum absolute atomic E-state index is 0.0870. The first-order valence-corrected chi connectivity index (χ1v) is 12.9. The number of hydrogen-bond donors (Lipinski definition) is 1. The molecule has 3 aliphatic rings. The number of rotatable bonds is 6. The summed E-state index contributed by atoms with van der Waals surface area (Å²) in [5.74, 6) is 3.98. The molecule has 0 radical (unpaired) electrons. The fourth-order valence-corrected chi connectivity index (χ4v) is 9.30. The van der Waals surface area contributed by atoms with Crippen molar-refractivity contribution in [3.8, 4) is 0 Å². The number of amides is 2. The van der Waals surface area contributed by atoms with Crippen LogP contribution in [0.1, 0.15) is 38.2 Å². The Morgan fingerprint density at radius 3 is 2.34 bits per heavy atom. The molecule has 1 saturated heterocycles. The fraction of sp³-hybridized carbons (Fsp3) is 0.636. The van der Waals surface area contributed by atoms with Crippen molar-refractivity contribution >= 4 is 46.9 Å². The summed E-state index contributed by atoms with van der Waals surface area (Å²) >= 11 is 10.2. The van der Waals surface area contributed by atoms with Crippen LogP contribution >= 0.6 is 35.1 Å². The van der Waals surface area contributed by atoms with Crippen molar-refractivity contribution in [1.29, 1.82) is 0 Å². The van der Waals surface area contributed by atoms with E-state index in [0.717, 1.165) is 18.4 Å². The molecule has 2 atom stereocenters. The maximum Gasteiger partial charge on any atom is 0.239 e. The number of benzene rings is 1. The van der Waals surface area contributed by atoms with Crippen molar-refractivity contribution in [2.45, 2.75) is 43.2 Å². The van der Waals surface area contributed by atoms with Gasteiger partial charge in [0.15, 0.2) is 0 Å². The zero-order chi connectivity index (χ0) is 20.4. The Bertz CT molecular complexity index is 736. The molecule has 2 saturated carbocycles. The van der Waals surface area contributed by atoms with Crippen LogP contribution in [-0.4, -0.2) is 45.4 Å². The third-order valence-corrected chi connectivity index (χ3v) is 10.9. The smallest absolute Gasteiger partial charge is 0.239 e. The highest BCUT2D eigenvalue weighted by Gasteiger charge is 2.57. The summed E-state index contributed by atoms with van der Waals surface area (Å²) in [7, 11) is 0. The number of hydrogen-bond acceptors (Lipinski definition) is 4. The summed E-state index contributed by atoms with van der Waals surface area (Å²) in [6.45, 7) is 3.13. The second-order valence-corrected chi connectivity index (χ2v) is 11.8.